The first-order valence-corrected chi connectivity index (χ1v) is 6.30. The van der Waals surface area contributed by atoms with E-state index in [1.54, 1.807) is 0 Å². The quantitative estimate of drug-likeness (QED) is 0.862. The Morgan fingerprint density at radius 3 is 2.65 bits per heavy atom. The van der Waals surface area contributed by atoms with Gasteiger partial charge in [-0.25, -0.2) is 0 Å². The summed E-state index contributed by atoms with van der Waals surface area (Å²) < 4.78 is 0. The molecule has 1 atom stereocenters. The number of hydrogen-bond donors (Lipinski definition) is 1. The Morgan fingerprint density at radius 2 is 2.12 bits per heavy atom. The average molecular weight is 232 g/mol. The zero-order valence-electron chi connectivity index (χ0n) is 10.6. The molecule has 1 heterocycles. The standard InChI is InChI=1S/C14H20N2O/c1-3-16(13-8-9-15-10-13)14(17)12-6-4-11(2)5-7-12/h4-7,13,15H,3,8-10H2,1-2H3. The minimum Gasteiger partial charge on any atom is -0.335 e. The maximum absolute atomic E-state index is 12.4. The largest absolute Gasteiger partial charge is 0.335 e. The molecule has 1 saturated heterocycles. The van der Waals surface area contributed by atoms with Crippen LogP contribution in [0.3, 0.4) is 0 Å². The smallest absolute Gasteiger partial charge is 0.254 e. The first-order valence-electron chi connectivity index (χ1n) is 6.30. The number of carbonyl (C=O) groups is 1. The van der Waals surface area contributed by atoms with Gasteiger partial charge >= 0.3 is 0 Å². The van der Waals surface area contributed by atoms with Crippen molar-refractivity contribution in [2.24, 2.45) is 0 Å². The molecule has 1 amide bonds. The summed E-state index contributed by atoms with van der Waals surface area (Å²) in [5, 5.41) is 3.31. The summed E-state index contributed by atoms with van der Waals surface area (Å²) in [6, 6.07) is 8.18. The fraction of sp³-hybridized carbons (Fsp3) is 0.500. The number of hydrogen-bond acceptors (Lipinski definition) is 2. The third-order valence-corrected chi connectivity index (χ3v) is 3.38. The van der Waals surface area contributed by atoms with Gasteiger partial charge in [-0.1, -0.05) is 17.7 Å². The second-order valence-corrected chi connectivity index (χ2v) is 4.60. The van der Waals surface area contributed by atoms with Gasteiger partial charge in [0.1, 0.15) is 0 Å². The molecule has 0 saturated carbocycles. The molecular formula is C14H20N2O. The lowest BCUT2D eigenvalue weighted by Crippen LogP contribution is -2.41. The van der Waals surface area contributed by atoms with Crippen LogP contribution in [-0.2, 0) is 0 Å². The molecule has 0 aliphatic carbocycles. The van der Waals surface area contributed by atoms with Crippen LogP contribution in [0.5, 0.6) is 0 Å². The second-order valence-electron chi connectivity index (χ2n) is 4.60. The van der Waals surface area contributed by atoms with Crippen LogP contribution in [0.1, 0.15) is 29.3 Å². The van der Waals surface area contributed by atoms with E-state index in [0.717, 1.165) is 31.6 Å². The zero-order valence-corrected chi connectivity index (χ0v) is 10.6. The lowest BCUT2D eigenvalue weighted by Gasteiger charge is -2.27. The van der Waals surface area contributed by atoms with E-state index in [1.807, 2.05) is 43.0 Å². The third-order valence-electron chi connectivity index (χ3n) is 3.38. The molecule has 1 aromatic rings. The molecule has 3 heteroatoms. The van der Waals surface area contributed by atoms with Gasteiger partial charge < -0.3 is 10.2 Å². The fourth-order valence-electron chi connectivity index (χ4n) is 2.34. The molecule has 0 spiro atoms. The molecule has 3 nitrogen and oxygen atoms in total. The van der Waals surface area contributed by atoms with E-state index in [9.17, 15) is 4.79 Å². The molecule has 0 radical (unpaired) electrons. The van der Waals surface area contributed by atoms with Crippen molar-refractivity contribution in [3.8, 4) is 0 Å². The maximum Gasteiger partial charge on any atom is 0.254 e. The molecule has 2 rings (SSSR count). The highest BCUT2D eigenvalue weighted by atomic mass is 16.2. The fourth-order valence-corrected chi connectivity index (χ4v) is 2.34. The first kappa shape index (κ1) is 12.1. The van der Waals surface area contributed by atoms with Crippen molar-refractivity contribution in [1.29, 1.82) is 0 Å². The van der Waals surface area contributed by atoms with Crippen LogP contribution < -0.4 is 5.32 Å². The highest BCUT2D eigenvalue weighted by Crippen LogP contribution is 2.13. The Bertz CT molecular complexity index is 380. The van der Waals surface area contributed by atoms with Gasteiger partial charge in [0.2, 0.25) is 0 Å². The van der Waals surface area contributed by atoms with Crippen molar-refractivity contribution in [2.45, 2.75) is 26.3 Å². The third kappa shape index (κ3) is 2.67. The van der Waals surface area contributed by atoms with Crippen molar-refractivity contribution < 1.29 is 4.79 Å². The van der Waals surface area contributed by atoms with Gasteiger partial charge in [0.05, 0.1) is 0 Å². The summed E-state index contributed by atoms with van der Waals surface area (Å²) in [5.74, 6) is 0.154. The van der Waals surface area contributed by atoms with E-state index in [1.165, 1.54) is 5.56 Å². The molecule has 1 unspecified atom stereocenters. The minimum atomic E-state index is 0.154. The summed E-state index contributed by atoms with van der Waals surface area (Å²) in [6.45, 7) is 6.80. The van der Waals surface area contributed by atoms with Crippen molar-refractivity contribution >= 4 is 5.91 Å². The highest BCUT2D eigenvalue weighted by Gasteiger charge is 2.25. The second kappa shape index (κ2) is 5.32. The van der Waals surface area contributed by atoms with Gasteiger partial charge in [0.15, 0.2) is 0 Å². The van der Waals surface area contributed by atoms with Crippen LogP contribution in [0, 0.1) is 6.92 Å². The summed E-state index contributed by atoms with van der Waals surface area (Å²) >= 11 is 0. The van der Waals surface area contributed by atoms with Gasteiger partial charge in [-0.2, -0.15) is 0 Å². The van der Waals surface area contributed by atoms with E-state index < -0.39 is 0 Å². The van der Waals surface area contributed by atoms with Gasteiger partial charge in [-0.15, -0.1) is 0 Å². The summed E-state index contributed by atoms with van der Waals surface area (Å²) in [4.78, 5) is 14.3. The lowest BCUT2D eigenvalue weighted by atomic mass is 10.1. The van der Waals surface area contributed by atoms with Crippen LogP contribution in [0.2, 0.25) is 0 Å². The average Bonchev–Trinajstić information content (AvgIpc) is 2.84. The number of aryl methyl sites for hydroxylation is 1. The van der Waals surface area contributed by atoms with E-state index in [-0.39, 0.29) is 5.91 Å². The van der Waals surface area contributed by atoms with Crippen molar-refractivity contribution in [3.05, 3.63) is 35.4 Å². The van der Waals surface area contributed by atoms with E-state index >= 15 is 0 Å². The Hall–Kier alpha value is -1.35. The van der Waals surface area contributed by atoms with E-state index in [0.29, 0.717) is 6.04 Å². The van der Waals surface area contributed by atoms with Gasteiger partial charge in [-0.3, -0.25) is 4.79 Å². The molecular weight excluding hydrogens is 212 g/mol. The Labute approximate surface area is 103 Å². The number of nitrogens with one attached hydrogen (secondary N) is 1. The number of benzene rings is 1. The van der Waals surface area contributed by atoms with Crippen molar-refractivity contribution in [1.82, 2.24) is 10.2 Å². The molecule has 1 aliphatic rings. The Balaban J connectivity index is 2.13. The van der Waals surface area contributed by atoms with Crippen LogP contribution in [0.4, 0.5) is 0 Å². The number of nitrogens with zero attached hydrogens (tertiary/aromatic N) is 1. The summed E-state index contributed by atoms with van der Waals surface area (Å²) in [5.41, 5.74) is 1.98. The van der Waals surface area contributed by atoms with Gasteiger partial charge in [0, 0.05) is 24.7 Å². The van der Waals surface area contributed by atoms with Crippen LogP contribution >= 0.6 is 0 Å². The van der Waals surface area contributed by atoms with Crippen molar-refractivity contribution in [2.75, 3.05) is 19.6 Å². The van der Waals surface area contributed by atoms with Gasteiger partial charge in [0.25, 0.3) is 5.91 Å². The highest BCUT2D eigenvalue weighted by molar-refractivity contribution is 5.94. The summed E-state index contributed by atoms with van der Waals surface area (Å²) in [7, 11) is 0. The molecule has 0 bridgehead atoms. The minimum absolute atomic E-state index is 0.154. The summed E-state index contributed by atoms with van der Waals surface area (Å²) in [6.07, 6.45) is 1.06. The molecule has 17 heavy (non-hydrogen) atoms. The molecule has 0 aromatic heterocycles. The number of likely N-dealkylation sites (N-methyl/N-ethyl adjacent to an activating group) is 1. The Kier molecular flexibility index (Phi) is 3.79. The van der Waals surface area contributed by atoms with Crippen LogP contribution in [0.25, 0.3) is 0 Å². The molecule has 1 fully saturated rings. The molecule has 1 N–H and O–H groups in total. The van der Waals surface area contributed by atoms with Crippen molar-refractivity contribution in [3.63, 3.8) is 0 Å². The molecule has 1 aromatic carbocycles. The van der Waals surface area contributed by atoms with E-state index in [4.69, 9.17) is 0 Å². The zero-order chi connectivity index (χ0) is 12.3. The lowest BCUT2D eigenvalue weighted by molar-refractivity contribution is 0.0704. The number of amides is 1. The van der Waals surface area contributed by atoms with E-state index in [2.05, 4.69) is 5.32 Å². The topological polar surface area (TPSA) is 32.3 Å². The number of carbonyl (C=O) groups excluding carboxylic acids is 1. The SMILES string of the molecule is CCN(C(=O)c1ccc(C)cc1)C1CCNC1. The number of rotatable bonds is 3. The predicted molar refractivity (Wildman–Crippen MR) is 69.2 cm³/mol. The van der Waals surface area contributed by atoms with Crippen LogP contribution in [-0.4, -0.2) is 36.5 Å². The monoisotopic (exact) mass is 232 g/mol. The normalized spacial score (nSPS) is 19.3. The maximum atomic E-state index is 12.4. The molecule has 92 valence electrons. The predicted octanol–water partition coefficient (Wildman–Crippen LogP) is 1.82. The first-order chi connectivity index (χ1) is 8.22. The van der Waals surface area contributed by atoms with Gasteiger partial charge in [-0.05, 0) is 38.9 Å². The molecule has 1 aliphatic heterocycles. The van der Waals surface area contributed by atoms with Crippen LogP contribution in [0.15, 0.2) is 24.3 Å². The Morgan fingerprint density at radius 1 is 1.41 bits per heavy atom.